The summed E-state index contributed by atoms with van der Waals surface area (Å²) in [5.74, 6) is 1.04. The van der Waals surface area contributed by atoms with Crippen LogP contribution in [0.1, 0.15) is 53.7 Å². The van der Waals surface area contributed by atoms with E-state index in [1.807, 2.05) is 48.4 Å². The van der Waals surface area contributed by atoms with E-state index >= 15 is 0 Å². The first-order chi connectivity index (χ1) is 13.5. The van der Waals surface area contributed by atoms with E-state index in [9.17, 15) is 9.59 Å². The molecule has 7 heteroatoms. The Morgan fingerprint density at radius 3 is 2.75 bits per heavy atom. The highest BCUT2D eigenvalue weighted by molar-refractivity contribution is 7.09. The lowest BCUT2D eigenvalue weighted by molar-refractivity contribution is -0.124. The number of piperidine rings is 1. The number of thiazole rings is 1. The molecule has 2 aromatic rings. The van der Waals surface area contributed by atoms with Crippen LogP contribution in [0.5, 0.6) is 5.75 Å². The summed E-state index contributed by atoms with van der Waals surface area (Å²) in [6, 6.07) is 7.24. The largest absolute Gasteiger partial charge is 0.497 e. The number of methoxy groups -OCH3 is 1. The van der Waals surface area contributed by atoms with Crippen molar-refractivity contribution in [3.8, 4) is 5.75 Å². The number of amides is 2. The second-order valence-electron chi connectivity index (χ2n) is 7.37. The van der Waals surface area contributed by atoms with Crippen molar-refractivity contribution in [2.24, 2.45) is 5.92 Å². The molecule has 1 saturated heterocycles. The molecule has 1 unspecified atom stereocenters. The number of hydrogen-bond donors (Lipinski definition) is 1. The fourth-order valence-corrected chi connectivity index (χ4v) is 4.20. The van der Waals surface area contributed by atoms with Crippen LogP contribution in [0.3, 0.4) is 0 Å². The minimum Gasteiger partial charge on any atom is -0.497 e. The van der Waals surface area contributed by atoms with Gasteiger partial charge in [0.25, 0.3) is 5.91 Å². The lowest BCUT2D eigenvalue weighted by Crippen LogP contribution is -2.39. The molecule has 1 N–H and O–H groups in total. The summed E-state index contributed by atoms with van der Waals surface area (Å²) in [7, 11) is 1.61. The molecular weight excluding hydrogens is 374 g/mol. The van der Waals surface area contributed by atoms with Gasteiger partial charge in [0.2, 0.25) is 5.91 Å². The van der Waals surface area contributed by atoms with Crippen molar-refractivity contribution in [3.05, 3.63) is 45.9 Å². The van der Waals surface area contributed by atoms with Gasteiger partial charge in [-0.1, -0.05) is 13.8 Å². The summed E-state index contributed by atoms with van der Waals surface area (Å²) in [4.78, 5) is 31.2. The number of ether oxygens (including phenoxy) is 1. The van der Waals surface area contributed by atoms with E-state index in [1.165, 1.54) is 0 Å². The zero-order valence-corrected chi connectivity index (χ0v) is 17.4. The Kier molecular flexibility index (Phi) is 6.67. The number of likely N-dealkylation sites (tertiary alicyclic amines) is 1. The number of carbonyl (C=O) groups is 2. The van der Waals surface area contributed by atoms with Gasteiger partial charge in [-0.25, -0.2) is 4.98 Å². The van der Waals surface area contributed by atoms with E-state index in [2.05, 4.69) is 5.32 Å². The van der Waals surface area contributed by atoms with Crippen LogP contribution >= 0.6 is 11.3 Å². The Morgan fingerprint density at radius 2 is 2.07 bits per heavy atom. The molecule has 3 rings (SSSR count). The highest BCUT2D eigenvalue weighted by atomic mass is 32.1. The Hall–Kier alpha value is -2.41. The van der Waals surface area contributed by atoms with Gasteiger partial charge < -0.3 is 15.0 Å². The van der Waals surface area contributed by atoms with Gasteiger partial charge in [0.15, 0.2) is 0 Å². The number of rotatable bonds is 6. The van der Waals surface area contributed by atoms with Crippen molar-refractivity contribution in [1.82, 2.24) is 15.2 Å². The van der Waals surface area contributed by atoms with Crippen molar-refractivity contribution in [3.63, 3.8) is 0 Å². The third kappa shape index (κ3) is 4.90. The highest BCUT2D eigenvalue weighted by Gasteiger charge is 2.27. The normalized spacial score (nSPS) is 16.9. The number of aromatic nitrogens is 1. The van der Waals surface area contributed by atoms with E-state index < -0.39 is 0 Å². The molecule has 1 aromatic carbocycles. The number of hydrogen-bond acceptors (Lipinski definition) is 5. The first-order valence-corrected chi connectivity index (χ1v) is 10.5. The van der Waals surface area contributed by atoms with Crippen molar-refractivity contribution >= 4 is 23.2 Å². The van der Waals surface area contributed by atoms with Gasteiger partial charge in [0.1, 0.15) is 5.75 Å². The Bertz CT molecular complexity index is 817. The van der Waals surface area contributed by atoms with E-state index in [-0.39, 0.29) is 23.7 Å². The van der Waals surface area contributed by atoms with Crippen molar-refractivity contribution in [1.29, 1.82) is 0 Å². The minimum atomic E-state index is -0.0334. The highest BCUT2D eigenvalue weighted by Crippen LogP contribution is 2.30. The molecular formula is C21H27N3O3S. The quantitative estimate of drug-likeness (QED) is 0.805. The van der Waals surface area contributed by atoms with E-state index in [4.69, 9.17) is 9.72 Å². The van der Waals surface area contributed by atoms with Crippen molar-refractivity contribution < 1.29 is 14.3 Å². The maximum Gasteiger partial charge on any atom is 0.253 e. The molecule has 150 valence electrons. The molecule has 0 radical (unpaired) electrons. The first-order valence-electron chi connectivity index (χ1n) is 9.63. The first kappa shape index (κ1) is 20.3. The third-order valence-electron chi connectivity index (χ3n) is 4.93. The third-order valence-corrected chi connectivity index (χ3v) is 5.99. The number of nitrogens with zero attached hydrogens (tertiary/aromatic N) is 2. The van der Waals surface area contributed by atoms with Crippen LogP contribution in [0.25, 0.3) is 0 Å². The summed E-state index contributed by atoms with van der Waals surface area (Å²) < 4.78 is 5.16. The molecule has 2 amide bonds. The molecule has 1 aromatic heterocycles. The van der Waals surface area contributed by atoms with Gasteiger partial charge in [0.05, 0.1) is 24.4 Å². The SMILES string of the molecule is COc1ccc(C(=O)N2CCCC(c3nc(CNC(=O)C(C)C)cs3)C2)cc1. The van der Waals surface area contributed by atoms with Crippen LogP contribution in [0, 0.1) is 5.92 Å². The van der Waals surface area contributed by atoms with Gasteiger partial charge in [-0.2, -0.15) is 0 Å². The number of carbonyl (C=O) groups excluding carboxylic acids is 2. The molecule has 6 nitrogen and oxygen atoms in total. The summed E-state index contributed by atoms with van der Waals surface area (Å²) in [6.07, 6.45) is 1.99. The molecule has 0 saturated carbocycles. The number of nitrogens with one attached hydrogen (secondary N) is 1. The van der Waals surface area contributed by atoms with E-state index in [0.717, 1.165) is 35.8 Å². The fourth-order valence-electron chi connectivity index (χ4n) is 3.25. The summed E-state index contributed by atoms with van der Waals surface area (Å²) >= 11 is 1.61. The second-order valence-corrected chi connectivity index (χ2v) is 8.26. The smallest absolute Gasteiger partial charge is 0.253 e. The summed E-state index contributed by atoms with van der Waals surface area (Å²) in [5.41, 5.74) is 1.56. The van der Waals surface area contributed by atoms with Gasteiger partial charge >= 0.3 is 0 Å². The van der Waals surface area contributed by atoms with Crippen molar-refractivity contribution in [2.75, 3.05) is 20.2 Å². The molecule has 1 atom stereocenters. The maximum absolute atomic E-state index is 12.8. The molecule has 1 aliphatic rings. The van der Waals surface area contributed by atoms with Gasteiger partial charge in [-0.05, 0) is 37.1 Å². The predicted molar refractivity (Wildman–Crippen MR) is 110 cm³/mol. The van der Waals surface area contributed by atoms with Crippen LogP contribution in [0.2, 0.25) is 0 Å². The Morgan fingerprint density at radius 1 is 1.32 bits per heavy atom. The van der Waals surface area contributed by atoms with Gasteiger partial charge in [-0.15, -0.1) is 11.3 Å². The maximum atomic E-state index is 12.8. The Labute approximate surface area is 169 Å². The topological polar surface area (TPSA) is 71.5 Å². The average molecular weight is 402 g/mol. The molecule has 0 bridgehead atoms. The lowest BCUT2D eigenvalue weighted by atomic mass is 9.98. The molecule has 0 spiro atoms. The van der Waals surface area contributed by atoms with Gasteiger partial charge in [0, 0.05) is 35.9 Å². The zero-order valence-electron chi connectivity index (χ0n) is 16.6. The van der Waals surface area contributed by atoms with E-state index in [1.54, 1.807) is 18.4 Å². The predicted octanol–water partition coefficient (Wildman–Crippen LogP) is 3.44. The number of benzene rings is 1. The van der Waals surface area contributed by atoms with Crippen LogP contribution in [-0.4, -0.2) is 41.9 Å². The summed E-state index contributed by atoms with van der Waals surface area (Å²) in [6.45, 7) is 5.64. The molecule has 28 heavy (non-hydrogen) atoms. The van der Waals surface area contributed by atoms with Crippen LogP contribution < -0.4 is 10.1 Å². The molecule has 0 aliphatic carbocycles. The van der Waals surface area contributed by atoms with E-state index in [0.29, 0.717) is 18.7 Å². The van der Waals surface area contributed by atoms with Crippen LogP contribution in [0.4, 0.5) is 0 Å². The molecule has 2 heterocycles. The molecule has 1 aliphatic heterocycles. The standard InChI is InChI=1S/C21H27N3O3S/c1-14(2)19(25)22-11-17-13-28-20(23-17)16-5-4-10-24(12-16)21(26)15-6-8-18(27-3)9-7-15/h6-9,13-14,16H,4-5,10-12H2,1-3H3,(H,22,25). The second kappa shape index (κ2) is 9.19. The monoisotopic (exact) mass is 401 g/mol. The van der Waals surface area contributed by atoms with Crippen LogP contribution in [-0.2, 0) is 11.3 Å². The minimum absolute atomic E-state index is 0.0310. The van der Waals surface area contributed by atoms with Crippen LogP contribution in [0.15, 0.2) is 29.6 Å². The van der Waals surface area contributed by atoms with Gasteiger partial charge in [-0.3, -0.25) is 9.59 Å². The fraction of sp³-hybridized carbons (Fsp3) is 0.476. The lowest BCUT2D eigenvalue weighted by Gasteiger charge is -2.32. The Balaban J connectivity index is 1.61. The average Bonchev–Trinajstić information content (AvgIpc) is 3.20. The zero-order chi connectivity index (χ0) is 20.1. The molecule has 1 fully saturated rings. The van der Waals surface area contributed by atoms with Crippen molar-refractivity contribution in [2.45, 2.75) is 39.2 Å². The summed E-state index contributed by atoms with van der Waals surface area (Å²) in [5, 5.41) is 5.95.